The van der Waals surface area contributed by atoms with Crippen LogP contribution in [0.25, 0.3) is 0 Å². The maximum Gasteiger partial charge on any atom is 0.190 e. The molecule has 0 saturated heterocycles. The van der Waals surface area contributed by atoms with Gasteiger partial charge in [0.15, 0.2) is 17.4 Å². The van der Waals surface area contributed by atoms with Gasteiger partial charge in [-0.2, -0.15) is 0 Å². The van der Waals surface area contributed by atoms with Gasteiger partial charge in [0.05, 0.1) is 13.2 Å². The van der Waals surface area contributed by atoms with E-state index in [0.717, 1.165) is 12.1 Å². The molecule has 0 spiro atoms. The molecule has 0 amide bonds. The molecule has 0 unspecified atom stereocenters. The molecule has 1 aromatic rings. The van der Waals surface area contributed by atoms with Crippen molar-refractivity contribution in [3.05, 3.63) is 29.3 Å². The summed E-state index contributed by atoms with van der Waals surface area (Å²) in [4.78, 5) is 0. The predicted octanol–water partition coefficient (Wildman–Crippen LogP) is 1.87. The number of ether oxygens (including phenoxy) is 2. The monoisotopic (exact) mass is 232 g/mol. The zero-order chi connectivity index (χ0) is 12.0. The first-order valence-corrected chi connectivity index (χ1v) is 4.98. The van der Waals surface area contributed by atoms with Crippen LogP contribution in [-0.2, 0) is 11.3 Å². The van der Waals surface area contributed by atoms with Crippen LogP contribution in [-0.4, -0.2) is 24.9 Å². The summed E-state index contributed by atoms with van der Waals surface area (Å²) >= 11 is 0. The Morgan fingerprint density at radius 2 is 1.81 bits per heavy atom. The zero-order valence-corrected chi connectivity index (χ0v) is 9.00. The molecular formula is C11H14F2O3. The molecule has 0 aliphatic heterocycles. The zero-order valence-electron chi connectivity index (χ0n) is 9.00. The average Bonchev–Trinajstić information content (AvgIpc) is 2.26. The van der Waals surface area contributed by atoms with Gasteiger partial charge in [0.2, 0.25) is 0 Å². The smallest absolute Gasteiger partial charge is 0.190 e. The molecule has 0 bridgehead atoms. The Balaban J connectivity index is 2.65. The summed E-state index contributed by atoms with van der Waals surface area (Å²) in [5.74, 6) is -2.07. The maximum absolute atomic E-state index is 13.3. The number of halogens is 2. The number of hydrogen-bond acceptors (Lipinski definition) is 3. The Kier molecular flexibility index (Phi) is 5.14. The highest BCUT2D eigenvalue weighted by Crippen LogP contribution is 2.23. The van der Waals surface area contributed by atoms with Gasteiger partial charge in [0, 0.05) is 6.61 Å². The van der Waals surface area contributed by atoms with E-state index in [0.29, 0.717) is 6.61 Å². The molecule has 0 saturated carbocycles. The van der Waals surface area contributed by atoms with Gasteiger partial charge in [-0.15, -0.1) is 0 Å². The first kappa shape index (κ1) is 12.9. The van der Waals surface area contributed by atoms with E-state index in [4.69, 9.17) is 14.6 Å². The second-order valence-corrected chi connectivity index (χ2v) is 3.09. The van der Waals surface area contributed by atoms with Gasteiger partial charge in [-0.05, 0) is 24.6 Å². The first-order chi connectivity index (χ1) is 7.69. The molecule has 90 valence electrons. The Morgan fingerprint density at radius 1 is 1.19 bits per heavy atom. The fraction of sp³-hybridized carbons (Fsp3) is 0.455. The standard InChI is InChI=1S/C11H14F2O3/c1-2-15-3-4-16-11-9(12)5-8(7-14)6-10(11)13/h5-6,14H,2-4,7H2,1H3. The molecule has 1 N–H and O–H groups in total. The lowest BCUT2D eigenvalue weighted by Crippen LogP contribution is -2.08. The fourth-order valence-electron chi connectivity index (χ4n) is 1.19. The lowest BCUT2D eigenvalue weighted by Gasteiger charge is -2.09. The van der Waals surface area contributed by atoms with Crippen LogP contribution in [0.15, 0.2) is 12.1 Å². The minimum Gasteiger partial charge on any atom is -0.485 e. The molecule has 3 nitrogen and oxygen atoms in total. The summed E-state index contributed by atoms with van der Waals surface area (Å²) in [5, 5.41) is 8.73. The molecule has 1 aromatic carbocycles. The van der Waals surface area contributed by atoms with Crippen LogP contribution in [0.3, 0.4) is 0 Å². The normalized spacial score (nSPS) is 10.5. The van der Waals surface area contributed by atoms with Crippen molar-refractivity contribution in [1.29, 1.82) is 0 Å². The second kappa shape index (κ2) is 6.40. The van der Waals surface area contributed by atoms with Crippen molar-refractivity contribution in [2.24, 2.45) is 0 Å². The summed E-state index contributed by atoms with van der Waals surface area (Å²) in [6, 6.07) is 2.08. The number of aliphatic hydroxyl groups excluding tert-OH is 1. The Hall–Kier alpha value is -1.20. The van der Waals surface area contributed by atoms with E-state index >= 15 is 0 Å². The fourth-order valence-corrected chi connectivity index (χ4v) is 1.19. The van der Waals surface area contributed by atoms with Gasteiger partial charge >= 0.3 is 0 Å². The van der Waals surface area contributed by atoms with Crippen LogP contribution in [0.5, 0.6) is 5.75 Å². The highest BCUT2D eigenvalue weighted by atomic mass is 19.1. The third kappa shape index (κ3) is 3.43. The van der Waals surface area contributed by atoms with Crippen molar-refractivity contribution < 1.29 is 23.4 Å². The largest absolute Gasteiger partial charge is 0.485 e. The lowest BCUT2D eigenvalue weighted by atomic mass is 10.2. The van der Waals surface area contributed by atoms with Crippen LogP contribution >= 0.6 is 0 Å². The van der Waals surface area contributed by atoms with Crippen molar-refractivity contribution >= 4 is 0 Å². The van der Waals surface area contributed by atoms with E-state index in [9.17, 15) is 8.78 Å². The van der Waals surface area contributed by atoms with Crippen LogP contribution in [0.1, 0.15) is 12.5 Å². The molecular weight excluding hydrogens is 218 g/mol. The van der Waals surface area contributed by atoms with E-state index in [1.54, 1.807) is 0 Å². The van der Waals surface area contributed by atoms with E-state index in [2.05, 4.69) is 0 Å². The lowest BCUT2D eigenvalue weighted by molar-refractivity contribution is 0.106. The molecule has 0 aliphatic carbocycles. The quantitative estimate of drug-likeness (QED) is 0.761. The van der Waals surface area contributed by atoms with Gasteiger partial charge in [0.1, 0.15) is 6.61 Å². The van der Waals surface area contributed by atoms with Crippen LogP contribution in [0.4, 0.5) is 8.78 Å². The SMILES string of the molecule is CCOCCOc1c(F)cc(CO)cc1F. The molecule has 0 aliphatic rings. The molecule has 5 heteroatoms. The van der Waals surface area contributed by atoms with Gasteiger partial charge in [0.25, 0.3) is 0 Å². The molecule has 0 aromatic heterocycles. The predicted molar refractivity (Wildman–Crippen MR) is 54.3 cm³/mol. The Bertz CT molecular complexity index is 319. The molecule has 0 heterocycles. The molecule has 1 rings (SSSR count). The van der Waals surface area contributed by atoms with Gasteiger partial charge in [-0.25, -0.2) is 8.78 Å². The van der Waals surface area contributed by atoms with E-state index in [-0.39, 0.29) is 18.8 Å². The number of hydrogen-bond donors (Lipinski definition) is 1. The topological polar surface area (TPSA) is 38.7 Å². The summed E-state index contributed by atoms with van der Waals surface area (Å²) in [6.07, 6.45) is 0. The van der Waals surface area contributed by atoms with Crippen molar-refractivity contribution in [3.63, 3.8) is 0 Å². The Morgan fingerprint density at radius 3 is 2.31 bits per heavy atom. The number of benzene rings is 1. The van der Waals surface area contributed by atoms with Crippen molar-refractivity contribution in [1.82, 2.24) is 0 Å². The van der Waals surface area contributed by atoms with E-state index < -0.39 is 24.0 Å². The second-order valence-electron chi connectivity index (χ2n) is 3.09. The Labute approximate surface area is 92.6 Å². The van der Waals surface area contributed by atoms with Crippen LogP contribution < -0.4 is 4.74 Å². The summed E-state index contributed by atoms with van der Waals surface area (Å²) < 4.78 is 36.5. The first-order valence-electron chi connectivity index (χ1n) is 4.98. The maximum atomic E-state index is 13.3. The minimum atomic E-state index is -0.819. The summed E-state index contributed by atoms with van der Waals surface area (Å²) in [7, 11) is 0. The molecule has 0 radical (unpaired) electrons. The summed E-state index contributed by atoms with van der Waals surface area (Å²) in [6.45, 7) is 2.29. The van der Waals surface area contributed by atoms with Gasteiger partial charge in [-0.1, -0.05) is 0 Å². The highest BCUT2D eigenvalue weighted by Gasteiger charge is 2.12. The summed E-state index contributed by atoms with van der Waals surface area (Å²) in [5.41, 5.74) is 0.173. The molecule has 0 fully saturated rings. The van der Waals surface area contributed by atoms with Crippen molar-refractivity contribution in [2.75, 3.05) is 19.8 Å². The number of aliphatic hydroxyl groups is 1. The highest BCUT2D eigenvalue weighted by molar-refractivity contribution is 5.31. The van der Waals surface area contributed by atoms with E-state index in [1.807, 2.05) is 6.92 Å². The minimum absolute atomic E-state index is 0.0835. The number of rotatable bonds is 6. The van der Waals surface area contributed by atoms with Crippen molar-refractivity contribution in [3.8, 4) is 5.75 Å². The average molecular weight is 232 g/mol. The van der Waals surface area contributed by atoms with E-state index in [1.165, 1.54) is 0 Å². The van der Waals surface area contributed by atoms with Crippen LogP contribution in [0, 0.1) is 11.6 Å². The molecule has 0 atom stereocenters. The third-order valence-electron chi connectivity index (χ3n) is 1.92. The van der Waals surface area contributed by atoms with Crippen LogP contribution in [0.2, 0.25) is 0 Å². The van der Waals surface area contributed by atoms with Crippen molar-refractivity contribution in [2.45, 2.75) is 13.5 Å². The molecule has 16 heavy (non-hydrogen) atoms. The van der Waals surface area contributed by atoms with Gasteiger partial charge < -0.3 is 14.6 Å². The van der Waals surface area contributed by atoms with Gasteiger partial charge in [-0.3, -0.25) is 0 Å². The third-order valence-corrected chi connectivity index (χ3v) is 1.92.